The highest BCUT2D eigenvalue weighted by molar-refractivity contribution is 6.30. The average molecular weight is 344 g/mol. The number of rotatable bonds is 4. The molecule has 24 heavy (non-hydrogen) atoms. The highest BCUT2D eigenvalue weighted by Crippen LogP contribution is 2.36. The molecule has 0 aliphatic carbocycles. The van der Waals surface area contributed by atoms with Gasteiger partial charge >= 0.3 is 6.03 Å². The fourth-order valence-electron chi connectivity index (χ4n) is 3.00. The number of benzene rings is 2. The van der Waals surface area contributed by atoms with Gasteiger partial charge in [-0.3, -0.25) is 9.69 Å². The van der Waals surface area contributed by atoms with E-state index < -0.39 is 0 Å². The van der Waals surface area contributed by atoms with Gasteiger partial charge in [0.15, 0.2) is 0 Å². The van der Waals surface area contributed by atoms with Gasteiger partial charge in [0.25, 0.3) is 0 Å². The molecular weight excluding hydrogens is 326 g/mol. The third-order valence-corrected chi connectivity index (χ3v) is 4.46. The highest BCUT2D eigenvalue weighted by atomic mass is 35.5. The monoisotopic (exact) mass is 343 g/mol. The number of anilines is 2. The second kappa shape index (κ2) is 6.53. The molecule has 0 aromatic heterocycles. The molecule has 1 N–H and O–H groups in total. The molecule has 0 spiro atoms. The summed E-state index contributed by atoms with van der Waals surface area (Å²) < 4.78 is 0. The maximum Gasteiger partial charge on any atom is 0.325 e. The molecule has 2 aromatic rings. The Balaban J connectivity index is 2.04. The predicted molar refractivity (Wildman–Crippen MR) is 95.3 cm³/mol. The van der Waals surface area contributed by atoms with E-state index in [9.17, 15) is 9.59 Å². The van der Waals surface area contributed by atoms with Gasteiger partial charge < -0.3 is 10.2 Å². The van der Waals surface area contributed by atoms with Crippen LogP contribution in [-0.2, 0) is 11.3 Å². The number of hydrogen-bond donors (Lipinski definition) is 1. The summed E-state index contributed by atoms with van der Waals surface area (Å²) >= 11 is 6.09. The summed E-state index contributed by atoms with van der Waals surface area (Å²) in [7, 11) is 1.77. The van der Waals surface area contributed by atoms with Crippen molar-refractivity contribution in [2.24, 2.45) is 0 Å². The van der Waals surface area contributed by atoms with Crippen LogP contribution < -0.4 is 10.2 Å². The number of nitrogens with zero attached hydrogens (tertiary/aromatic N) is 2. The Hall–Kier alpha value is -2.53. The summed E-state index contributed by atoms with van der Waals surface area (Å²) in [6.45, 7) is 2.48. The first kappa shape index (κ1) is 16.3. The van der Waals surface area contributed by atoms with E-state index in [1.807, 2.05) is 43.3 Å². The Labute approximate surface area is 145 Å². The molecule has 0 fully saturated rings. The van der Waals surface area contributed by atoms with E-state index in [-0.39, 0.29) is 12.1 Å². The molecule has 1 aliphatic rings. The summed E-state index contributed by atoms with van der Waals surface area (Å²) in [5.74, 6) is 0. The van der Waals surface area contributed by atoms with E-state index in [1.54, 1.807) is 22.9 Å². The third kappa shape index (κ3) is 2.95. The molecule has 0 radical (unpaired) electrons. The summed E-state index contributed by atoms with van der Waals surface area (Å²) in [5, 5.41) is 3.29. The largest absolute Gasteiger partial charge is 0.329 e. The molecule has 3 amide bonds. The van der Waals surface area contributed by atoms with Crippen molar-refractivity contribution < 1.29 is 9.59 Å². The van der Waals surface area contributed by atoms with Crippen molar-refractivity contribution in [3.05, 3.63) is 58.6 Å². The summed E-state index contributed by atoms with van der Waals surface area (Å²) in [4.78, 5) is 26.8. The Kier molecular flexibility index (Phi) is 4.44. The molecule has 124 valence electrons. The van der Waals surface area contributed by atoms with Crippen LogP contribution in [0.15, 0.2) is 42.5 Å². The second-order valence-electron chi connectivity index (χ2n) is 5.85. The van der Waals surface area contributed by atoms with Crippen molar-refractivity contribution in [1.82, 2.24) is 4.90 Å². The van der Waals surface area contributed by atoms with Gasteiger partial charge in [-0.25, -0.2) is 4.79 Å². The molecule has 3 rings (SSSR count). The van der Waals surface area contributed by atoms with E-state index in [4.69, 9.17) is 11.6 Å². The van der Waals surface area contributed by atoms with Crippen LogP contribution in [0.3, 0.4) is 0 Å². The molecule has 0 saturated carbocycles. The number of hydrogen-bond acceptors (Lipinski definition) is 2. The van der Waals surface area contributed by atoms with Crippen molar-refractivity contribution in [2.45, 2.75) is 19.5 Å². The number of carbonyl (C=O) groups is 2. The van der Waals surface area contributed by atoms with Crippen LogP contribution in [0.2, 0.25) is 5.02 Å². The molecular formula is C18H18ClN3O2. The first-order chi connectivity index (χ1) is 11.5. The summed E-state index contributed by atoms with van der Waals surface area (Å²) in [6, 6.07) is 12.9. The molecule has 1 unspecified atom stereocenters. The van der Waals surface area contributed by atoms with Crippen LogP contribution in [0.5, 0.6) is 0 Å². The standard InChI is InChI=1S/C18H18ClN3O2/c1-12(13-4-3-5-15(19)8-13)22-17-7-6-16(20-11-23)9-14(17)10-21(2)18(22)24/h3-9,11-12H,10H2,1-2H3,(H,20,23). The number of halogens is 1. The topological polar surface area (TPSA) is 52.7 Å². The van der Waals surface area contributed by atoms with Crippen molar-refractivity contribution in [3.8, 4) is 0 Å². The van der Waals surface area contributed by atoms with E-state index in [0.717, 1.165) is 16.8 Å². The predicted octanol–water partition coefficient (Wildman–Crippen LogP) is 4.04. The van der Waals surface area contributed by atoms with E-state index in [0.29, 0.717) is 23.7 Å². The molecule has 5 nitrogen and oxygen atoms in total. The molecule has 2 aromatic carbocycles. The van der Waals surface area contributed by atoms with E-state index in [1.165, 1.54) is 0 Å². The lowest BCUT2D eigenvalue weighted by Gasteiger charge is -2.39. The molecule has 6 heteroatoms. The Bertz CT molecular complexity index is 794. The van der Waals surface area contributed by atoms with Gasteiger partial charge in [-0.15, -0.1) is 0 Å². The average Bonchev–Trinajstić information content (AvgIpc) is 2.56. The zero-order valence-electron chi connectivity index (χ0n) is 13.5. The Morgan fingerprint density at radius 2 is 2.04 bits per heavy atom. The summed E-state index contributed by atoms with van der Waals surface area (Å²) in [6.07, 6.45) is 0.645. The number of carbonyl (C=O) groups excluding carboxylic acids is 2. The summed E-state index contributed by atoms with van der Waals surface area (Å²) in [5.41, 5.74) is 3.51. The fraction of sp³-hybridized carbons (Fsp3) is 0.222. The molecule has 1 heterocycles. The Morgan fingerprint density at radius 1 is 1.25 bits per heavy atom. The normalized spacial score (nSPS) is 15.0. The van der Waals surface area contributed by atoms with Gasteiger partial charge in [-0.05, 0) is 48.4 Å². The van der Waals surface area contributed by atoms with Gasteiger partial charge in [0, 0.05) is 24.3 Å². The Morgan fingerprint density at radius 3 is 2.75 bits per heavy atom. The van der Waals surface area contributed by atoms with Gasteiger partial charge in [-0.2, -0.15) is 0 Å². The number of amides is 3. The van der Waals surface area contributed by atoms with E-state index in [2.05, 4.69) is 5.32 Å². The minimum atomic E-state index is -0.164. The zero-order valence-corrected chi connectivity index (χ0v) is 14.2. The van der Waals surface area contributed by atoms with Crippen molar-refractivity contribution in [2.75, 3.05) is 17.3 Å². The van der Waals surface area contributed by atoms with Crippen LogP contribution in [0.4, 0.5) is 16.2 Å². The lowest BCUT2D eigenvalue weighted by atomic mass is 10.0. The van der Waals surface area contributed by atoms with Crippen LogP contribution in [0, 0.1) is 0 Å². The van der Waals surface area contributed by atoms with Crippen molar-refractivity contribution in [3.63, 3.8) is 0 Å². The smallest absolute Gasteiger partial charge is 0.325 e. The first-order valence-corrected chi connectivity index (χ1v) is 8.02. The maximum atomic E-state index is 12.7. The minimum absolute atomic E-state index is 0.0638. The SMILES string of the molecule is CC(c1cccc(Cl)c1)N1C(=O)N(C)Cc2cc(NC=O)ccc21. The highest BCUT2D eigenvalue weighted by Gasteiger charge is 2.32. The molecule has 0 bridgehead atoms. The van der Waals surface area contributed by atoms with Crippen LogP contribution in [-0.4, -0.2) is 24.4 Å². The fourth-order valence-corrected chi connectivity index (χ4v) is 3.20. The third-order valence-electron chi connectivity index (χ3n) is 4.22. The van der Waals surface area contributed by atoms with Crippen LogP contribution in [0.1, 0.15) is 24.1 Å². The van der Waals surface area contributed by atoms with Gasteiger partial charge in [0.2, 0.25) is 6.41 Å². The number of nitrogens with one attached hydrogen (secondary N) is 1. The van der Waals surface area contributed by atoms with Gasteiger partial charge in [0.05, 0.1) is 11.7 Å². The number of fused-ring (bicyclic) bond motifs is 1. The van der Waals surface area contributed by atoms with Gasteiger partial charge in [0.1, 0.15) is 0 Å². The molecule has 1 aliphatic heterocycles. The lowest BCUT2D eigenvalue weighted by Crippen LogP contribution is -2.46. The zero-order chi connectivity index (χ0) is 17.3. The minimum Gasteiger partial charge on any atom is -0.329 e. The van der Waals surface area contributed by atoms with Crippen molar-refractivity contribution >= 4 is 35.4 Å². The quantitative estimate of drug-likeness (QED) is 0.852. The maximum absolute atomic E-state index is 12.7. The van der Waals surface area contributed by atoms with Gasteiger partial charge in [-0.1, -0.05) is 23.7 Å². The first-order valence-electron chi connectivity index (χ1n) is 7.64. The second-order valence-corrected chi connectivity index (χ2v) is 6.28. The van der Waals surface area contributed by atoms with Crippen LogP contribution in [0.25, 0.3) is 0 Å². The lowest BCUT2D eigenvalue weighted by molar-refractivity contribution is -0.105. The van der Waals surface area contributed by atoms with Crippen molar-refractivity contribution in [1.29, 1.82) is 0 Å². The van der Waals surface area contributed by atoms with E-state index >= 15 is 0 Å². The molecule has 0 saturated heterocycles. The molecule has 1 atom stereocenters. The van der Waals surface area contributed by atoms with Crippen LogP contribution >= 0.6 is 11.6 Å². The number of urea groups is 1.